The second kappa shape index (κ2) is 10.4. The van der Waals surface area contributed by atoms with E-state index in [0.717, 1.165) is 30.6 Å². The van der Waals surface area contributed by atoms with Gasteiger partial charge in [0.25, 0.3) is 0 Å². The Morgan fingerprint density at radius 1 is 1.21 bits per heavy atom. The van der Waals surface area contributed by atoms with Crippen molar-refractivity contribution in [2.45, 2.75) is 26.4 Å². The maximum absolute atomic E-state index is 5.92. The average Bonchev–Trinajstić information content (AvgIpc) is 2.42. The maximum Gasteiger partial charge on any atom is 0.0950 e. The van der Waals surface area contributed by atoms with Crippen molar-refractivity contribution in [2.24, 2.45) is 0 Å². The van der Waals surface area contributed by atoms with Crippen molar-refractivity contribution < 1.29 is 9.47 Å². The van der Waals surface area contributed by atoms with Crippen LogP contribution in [0.5, 0.6) is 0 Å². The van der Waals surface area contributed by atoms with E-state index in [4.69, 9.17) is 9.47 Å². The average molecular weight is 330 g/mol. The first-order valence-electron chi connectivity index (χ1n) is 6.93. The van der Waals surface area contributed by atoms with E-state index in [2.05, 4.69) is 47.2 Å². The van der Waals surface area contributed by atoms with Gasteiger partial charge in [-0.05, 0) is 30.7 Å². The summed E-state index contributed by atoms with van der Waals surface area (Å²) in [6.45, 7) is 8.06. The van der Waals surface area contributed by atoms with Gasteiger partial charge in [0.15, 0.2) is 0 Å². The zero-order valence-corrected chi connectivity index (χ0v) is 13.4. The molecule has 1 unspecified atom stereocenters. The molecule has 3 nitrogen and oxygen atoms in total. The first kappa shape index (κ1) is 16.6. The summed E-state index contributed by atoms with van der Waals surface area (Å²) in [7, 11) is 0. The third-order valence-corrected chi connectivity index (χ3v) is 3.19. The lowest BCUT2D eigenvalue weighted by molar-refractivity contribution is 0.00443. The van der Waals surface area contributed by atoms with Gasteiger partial charge in [0.05, 0.1) is 19.3 Å². The number of hydrogen-bond acceptors (Lipinski definition) is 3. The molecule has 0 aromatic heterocycles. The van der Waals surface area contributed by atoms with Gasteiger partial charge < -0.3 is 14.8 Å². The van der Waals surface area contributed by atoms with Crippen molar-refractivity contribution in [3.63, 3.8) is 0 Å². The minimum absolute atomic E-state index is 0.0719. The van der Waals surface area contributed by atoms with Crippen LogP contribution in [-0.4, -0.2) is 32.9 Å². The summed E-state index contributed by atoms with van der Waals surface area (Å²) in [5.74, 6) is 0. The van der Waals surface area contributed by atoms with Crippen molar-refractivity contribution in [1.29, 1.82) is 0 Å². The molecule has 1 aromatic carbocycles. The van der Waals surface area contributed by atoms with Crippen LogP contribution < -0.4 is 5.32 Å². The molecule has 0 aliphatic heterocycles. The molecule has 1 aromatic rings. The Bertz CT molecular complexity index is 347. The van der Waals surface area contributed by atoms with Crippen molar-refractivity contribution in [2.75, 3.05) is 32.9 Å². The van der Waals surface area contributed by atoms with E-state index in [1.54, 1.807) is 0 Å². The molecule has 0 spiro atoms. The van der Waals surface area contributed by atoms with Crippen LogP contribution in [-0.2, 0) is 9.47 Å². The van der Waals surface area contributed by atoms with Crippen molar-refractivity contribution in [1.82, 2.24) is 5.32 Å². The van der Waals surface area contributed by atoms with E-state index in [0.29, 0.717) is 13.2 Å². The molecule has 0 amide bonds. The van der Waals surface area contributed by atoms with Gasteiger partial charge in [-0.3, -0.25) is 0 Å². The quantitative estimate of drug-likeness (QED) is 0.666. The van der Waals surface area contributed by atoms with E-state index < -0.39 is 0 Å². The summed E-state index contributed by atoms with van der Waals surface area (Å²) < 4.78 is 12.4. The molecule has 1 N–H and O–H groups in total. The molecule has 108 valence electrons. The largest absolute Gasteiger partial charge is 0.379 e. The monoisotopic (exact) mass is 329 g/mol. The highest BCUT2D eigenvalue weighted by atomic mass is 79.9. The van der Waals surface area contributed by atoms with Crippen LogP contribution in [0.4, 0.5) is 0 Å². The molecule has 0 bridgehead atoms. The number of rotatable bonds is 10. The highest BCUT2D eigenvalue weighted by molar-refractivity contribution is 9.10. The Labute approximate surface area is 124 Å². The van der Waals surface area contributed by atoms with Crippen LogP contribution in [0, 0.1) is 0 Å². The lowest BCUT2D eigenvalue weighted by Gasteiger charge is -2.19. The predicted octanol–water partition coefficient (Wildman–Crippen LogP) is 3.54. The van der Waals surface area contributed by atoms with Crippen LogP contribution in [0.3, 0.4) is 0 Å². The molecule has 0 saturated carbocycles. The second-order valence-electron chi connectivity index (χ2n) is 4.33. The fraction of sp³-hybridized carbons (Fsp3) is 0.600. The van der Waals surface area contributed by atoms with Gasteiger partial charge in [0.2, 0.25) is 0 Å². The number of ether oxygens (including phenoxy) is 2. The summed E-state index contributed by atoms with van der Waals surface area (Å²) in [5.41, 5.74) is 1.19. The van der Waals surface area contributed by atoms with Crippen LogP contribution in [0.25, 0.3) is 0 Å². The van der Waals surface area contributed by atoms with Crippen molar-refractivity contribution in [3.05, 3.63) is 34.3 Å². The maximum atomic E-state index is 5.92. The van der Waals surface area contributed by atoms with Crippen LogP contribution >= 0.6 is 15.9 Å². The van der Waals surface area contributed by atoms with Crippen LogP contribution in [0.15, 0.2) is 28.7 Å². The Hall–Kier alpha value is -0.420. The number of likely N-dealkylation sites (N-methyl/N-ethyl adjacent to an activating group) is 1. The summed E-state index contributed by atoms with van der Waals surface area (Å²) >= 11 is 3.50. The zero-order valence-electron chi connectivity index (χ0n) is 11.8. The Kier molecular flexibility index (Phi) is 9.08. The molecule has 4 heteroatoms. The SMILES string of the molecule is CCCOCCOC(CNCC)c1cccc(Br)c1. The molecule has 19 heavy (non-hydrogen) atoms. The molecule has 1 rings (SSSR count). The molecule has 0 saturated heterocycles. The molecule has 1 atom stereocenters. The Morgan fingerprint density at radius 2 is 2.05 bits per heavy atom. The summed E-state index contributed by atoms with van der Waals surface area (Å²) in [6.07, 6.45) is 1.12. The third kappa shape index (κ3) is 7.06. The van der Waals surface area contributed by atoms with Gasteiger partial charge in [0.1, 0.15) is 0 Å². The lowest BCUT2D eigenvalue weighted by Crippen LogP contribution is -2.24. The van der Waals surface area contributed by atoms with Gasteiger partial charge in [0, 0.05) is 17.6 Å². The predicted molar refractivity (Wildman–Crippen MR) is 82.5 cm³/mol. The molecular weight excluding hydrogens is 306 g/mol. The standard InChI is InChI=1S/C15H24BrNO2/c1-3-8-18-9-10-19-15(12-17-4-2)13-6-5-7-14(16)11-13/h5-7,11,15,17H,3-4,8-10,12H2,1-2H3. The molecule has 0 aliphatic rings. The highest BCUT2D eigenvalue weighted by Gasteiger charge is 2.11. The number of hydrogen-bond donors (Lipinski definition) is 1. The normalized spacial score (nSPS) is 12.6. The molecule has 0 aliphatic carbocycles. The van der Waals surface area contributed by atoms with E-state index >= 15 is 0 Å². The zero-order chi connectivity index (χ0) is 13.9. The number of nitrogens with one attached hydrogen (secondary N) is 1. The van der Waals surface area contributed by atoms with Gasteiger partial charge in [-0.1, -0.05) is 41.9 Å². The summed E-state index contributed by atoms with van der Waals surface area (Å²) in [5, 5.41) is 3.34. The first-order chi connectivity index (χ1) is 9.27. The van der Waals surface area contributed by atoms with Gasteiger partial charge in [-0.15, -0.1) is 0 Å². The highest BCUT2D eigenvalue weighted by Crippen LogP contribution is 2.20. The first-order valence-corrected chi connectivity index (χ1v) is 7.72. The third-order valence-electron chi connectivity index (χ3n) is 2.70. The van der Waals surface area contributed by atoms with Crippen molar-refractivity contribution >= 4 is 15.9 Å². The van der Waals surface area contributed by atoms with Crippen LogP contribution in [0.2, 0.25) is 0 Å². The Morgan fingerprint density at radius 3 is 2.74 bits per heavy atom. The molecular formula is C15H24BrNO2. The molecule has 0 radical (unpaired) electrons. The minimum Gasteiger partial charge on any atom is -0.379 e. The fourth-order valence-electron chi connectivity index (χ4n) is 1.75. The van der Waals surface area contributed by atoms with E-state index in [9.17, 15) is 0 Å². The summed E-state index contributed by atoms with van der Waals surface area (Å²) in [6, 6.07) is 8.27. The van der Waals surface area contributed by atoms with Gasteiger partial charge >= 0.3 is 0 Å². The minimum atomic E-state index is 0.0719. The lowest BCUT2D eigenvalue weighted by atomic mass is 10.1. The van der Waals surface area contributed by atoms with E-state index in [1.807, 2.05) is 12.1 Å². The van der Waals surface area contributed by atoms with E-state index in [1.165, 1.54) is 5.56 Å². The fourth-order valence-corrected chi connectivity index (χ4v) is 2.17. The molecule has 0 heterocycles. The summed E-state index contributed by atoms with van der Waals surface area (Å²) in [4.78, 5) is 0. The van der Waals surface area contributed by atoms with Crippen molar-refractivity contribution in [3.8, 4) is 0 Å². The van der Waals surface area contributed by atoms with Gasteiger partial charge in [-0.25, -0.2) is 0 Å². The smallest absolute Gasteiger partial charge is 0.0950 e. The molecule has 0 fully saturated rings. The van der Waals surface area contributed by atoms with Crippen LogP contribution in [0.1, 0.15) is 31.9 Å². The number of halogens is 1. The second-order valence-corrected chi connectivity index (χ2v) is 5.25. The Balaban J connectivity index is 2.47. The van der Waals surface area contributed by atoms with Gasteiger partial charge in [-0.2, -0.15) is 0 Å². The number of benzene rings is 1. The topological polar surface area (TPSA) is 30.5 Å². The van der Waals surface area contributed by atoms with E-state index in [-0.39, 0.29) is 6.10 Å².